The van der Waals surface area contributed by atoms with Crippen molar-refractivity contribution in [2.75, 3.05) is 13.1 Å². The van der Waals surface area contributed by atoms with Crippen molar-refractivity contribution in [1.29, 1.82) is 0 Å². The topological polar surface area (TPSA) is 53.6 Å². The molecule has 1 saturated carbocycles. The Bertz CT molecular complexity index is 265. The maximum atomic E-state index is 5.96. The lowest BCUT2D eigenvalue weighted by molar-refractivity contribution is 0.181. The number of nitrogens with one attached hydrogen (secondary N) is 1. The monoisotopic (exact) mass is 396 g/mol. The van der Waals surface area contributed by atoms with Crippen molar-refractivity contribution in [2.45, 2.75) is 77.9 Å². The van der Waals surface area contributed by atoms with E-state index in [1.54, 1.807) is 0 Å². The van der Waals surface area contributed by atoms with Gasteiger partial charge in [-0.15, -0.1) is 24.0 Å². The quantitative estimate of drug-likeness (QED) is 0.412. The minimum atomic E-state index is 0. The van der Waals surface area contributed by atoms with Gasteiger partial charge in [-0.05, 0) is 40.5 Å². The first-order chi connectivity index (χ1) is 9.00. The van der Waals surface area contributed by atoms with Gasteiger partial charge < -0.3 is 11.1 Å². The molecule has 20 heavy (non-hydrogen) atoms. The number of guanidine groups is 1. The third-order valence-corrected chi connectivity index (χ3v) is 3.92. The Hall–Kier alpha value is -0.0400. The van der Waals surface area contributed by atoms with E-state index in [4.69, 9.17) is 5.73 Å². The Morgan fingerprint density at radius 2 is 1.70 bits per heavy atom. The maximum absolute atomic E-state index is 5.96. The summed E-state index contributed by atoms with van der Waals surface area (Å²) in [4.78, 5) is 6.91. The van der Waals surface area contributed by atoms with Gasteiger partial charge in [-0.1, -0.05) is 19.3 Å². The molecule has 0 spiro atoms. The summed E-state index contributed by atoms with van der Waals surface area (Å²) in [6, 6.07) is 1.66. The highest BCUT2D eigenvalue weighted by Crippen LogP contribution is 2.16. The predicted octanol–water partition coefficient (Wildman–Crippen LogP) is 2.96. The molecule has 0 aromatic carbocycles. The van der Waals surface area contributed by atoms with Crippen LogP contribution in [0.15, 0.2) is 4.99 Å². The molecule has 1 aliphatic rings. The van der Waals surface area contributed by atoms with E-state index < -0.39 is 0 Å². The van der Waals surface area contributed by atoms with E-state index in [2.05, 4.69) is 42.9 Å². The Labute approximate surface area is 142 Å². The van der Waals surface area contributed by atoms with Crippen LogP contribution in [0.2, 0.25) is 0 Å². The van der Waals surface area contributed by atoms with Crippen molar-refractivity contribution in [3.05, 3.63) is 0 Å². The van der Waals surface area contributed by atoms with Crippen molar-refractivity contribution in [3.8, 4) is 0 Å². The summed E-state index contributed by atoms with van der Waals surface area (Å²) in [5, 5.41) is 3.36. The summed E-state index contributed by atoms with van der Waals surface area (Å²) in [5.41, 5.74) is 5.96. The maximum Gasteiger partial charge on any atom is 0.188 e. The van der Waals surface area contributed by atoms with Crippen LogP contribution in [-0.2, 0) is 0 Å². The molecular weight excluding hydrogens is 363 g/mol. The molecule has 0 amide bonds. The predicted molar refractivity (Wildman–Crippen MR) is 98.9 cm³/mol. The normalized spacial score (nSPS) is 17.6. The van der Waals surface area contributed by atoms with Crippen LogP contribution in [0.4, 0.5) is 0 Å². The van der Waals surface area contributed by atoms with Crippen LogP contribution in [-0.4, -0.2) is 42.1 Å². The van der Waals surface area contributed by atoms with Gasteiger partial charge in [0.05, 0.1) is 6.54 Å². The molecule has 1 fully saturated rings. The largest absolute Gasteiger partial charge is 0.370 e. The minimum absolute atomic E-state index is 0. The summed E-state index contributed by atoms with van der Waals surface area (Å²) >= 11 is 0. The van der Waals surface area contributed by atoms with Gasteiger partial charge in [0.1, 0.15) is 0 Å². The van der Waals surface area contributed by atoms with Gasteiger partial charge >= 0.3 is 0 Å². The number of aliphatic imine (C=N–C) groups is 1. The second kappa shape index (κ2) is 10.7. The van der Waals surface area contributed by atoms with Gasteiger partial charge in [-0.25, -0.2) is 0 Å². The number of nitrogens with two attached hydrogens (primary N) is 1. The molecule has 5 heteroatoms. The fourth-order valence-corrected chi connectivity index (χ4v) is 2.90. The summed E-state index contributed by atoms with van der Waals surface area (Å²) in [7, 11) is 0. The Morgan fingerprint density at radius 1 is 1.15 bits per heavy atom. The molecule has 0 radical (unpaired) electrons. The third-order valence-electron chi connectivity index (χ3n) is 3.92. The van der Waals surface area contributed by atoms with Crippen LogP contribution >= 0.6 is 24.0 Å². The summed E-state index contributed by atoms with van der Waals surface area (Å²) in [5.74, 6) is 0.624. The van der Waals surface area contributed by atoms with Crippen molar-refractivity contribution >= 4 is 29.9 Å². The van der Waals surface area contributed by atoms with Crippen LogP contribution in [0.3, 0.4) is 0 Å². The number of nitrogens with zero attached hydrogens (tertiary/aromatic N) is 2. The number of rotatable bonds is 6. The first-order valence-corrected chi connectivity index (χ1v) is 7.83. The zero-order valence-electron chi connectivity index (χ0n) is 13.6. The van der Waals surface area contributed by atoms with Gasteiger partial charge in [-0.3, -0.25) is 9.89 Å². The molecule has 0 heterocycles. The standard InChI is InChI=1S/C15H32N4.HI/c1-12(2)19(13(3)4)11-10-17-15(16)18-14-8-6-5-7-9-14;/h12-14H,5-11H2,1-4H3,(H3,16,17,18);1H. The van der Waals surface area contributed by atoms with Gasteiger partial charge in [0.15, 0.2) is 5.96 Å². The van der Waals surface area contributed by atoms with Crippen molar-refractivity contribution < 1.29 is 0 Å². The Kier molecular flexibility index (Phi) is 10.6. The average molecular weight is 396 g/mol. The van der Waals surface area contributed by atoms with Crippen LogP contribution < -0.4 is 11.1 Å². The molecule has 0 bridgehead atoms. The fraction of sp³-hybridized carbons (Fsp3) is 0.933. The lowest BCUT2D eigenvalue weighted by Gasteiger charge is -2.29. The molecule has 0 aliphatic heterocycles. The second-order valence-corrected chi connectivity index (χ2v) is 6.17. The van der Waals surface area contributed by atoms with Crippen molar-refractivity contribution in [3.63, 3.8) is 0 Å². The average Bonchev–Trinajstić information content (AvgIpc) is 2.34. The molecule has 0 aromatic heterocycles. The molecule has 0 unspecified atom stereocenters. The zero-order valence-corrected chi connectivity index (χ0v) is 15.9. The molecule has 1 aliphatic carbocycles. The van der Waals surface area contributed by atoms with Gasteiger partial charge in [0, 0.05) is 24.7 Å². The molecule has 4 nitrogen and oxygen atoms in total. The van der Waals surface area contributed by atoms with Crippen LogP contribution in [0.5, 0.6) is 0 Å². The van der Waals surface area contributed by atoms with Crippen molar-refractivity contribution in [1.82, 2.24) is 10.2 Å². The van der Waals surface area contributed by atoms with E-state index in [-0.39, 0.29) is 24.0 Å². The van der Waals surface area contributed by atoms with E-state index >= 15 is 0 Å². The molecule has 120 valence electrons. The van der Waals surface area contributed by atoms with Crippen molar-refractivity contribution in [2.24, 2.45) is 10.7 Å². The molecule has 0 atom stereocenters. The van der Waals surface area contributed by atoms with Crippen LogP contribution in [0, 0.1) is 0 Å². The van der Waals surface area contributed by atoms with E-state index in [1.807, 2.05) is 0 Å². The van der Waals surface area contributed by atoms with Gasteiger partial charge in [-0.2, -0.15) is 0 Å². The number of halogens is 1. The first-order valence-electron chi connectivity index (χ1n) is 7.83. The SMILES string of the molecule is CC(C)N(CCN=C(N)NC1CCCCC1)C(C)C.I. The Balaban J connectivity index is 0.00000361. The number of hydrogen-bond donors (Lipinski definition) is 2. The molecule has 3 N–H and O–H groups in total. The highest BCUT2D eigenvalue weighted by atomic mass is 127. The summed E-state index contributed by atoms with van der Waals surface area (Å²) in [6.45, 7) is 10.7. The number of hydrogen-bond acceptors (Lipinski definition) is 2. The van der Waals surface area contributed by atoms with E-state index in [9.17, 15) is 0 Å². The van der Waals surface area contributed by atoms with Gasteiger partial charge in [0.2, 0.25) is 0 Å². The van der Waals surface area contributed by atoms with Crippen LogP contribution in [0.25, 0.3) is 0 Å². The molecule has 1 rings (SSSR count). The summed E-state index contributed by atoms with van der Waals surface area (Å²) in [6.07, 6.45) is 6.48. The van der Waals surface area contributed by atoms with E-state index in [0.29, 0.717) is 24.1 Å². The first kappa shape index (κ1) is 20.0. The van der Waals surface area contributed by atoms with E-state index in [1.165, 1.54) is 32.1 Å². The third kappa shape index (κ3) is 7.67. The smallest absolute Gasteiger partial charge is 0.188 e. The fourth-order valence-electron chi connectivity index (χ4n) is 2.90. The van der Waals surface area contributed by atoms with E-state index in [0.717, 1.165) is 13.1 Å². The van der Waals surface area contributed by atoms with Gasteiger partial charge in [0.25, 0.3) is 0 Å². The molecular formula is C15H33IN4. The second-order valence-electron chi connectivity index (χ2n) is 6.17. The lowest BCUT2D eigenvalue weighted by Crippen LogP contribution is -2.42. The highest BCUT2D eigenvalue weighted by Gasteiger charge is 2.14. The Morgan fingerprint density at radius 3 is 2.20 bits per heavy atom. The highest BCUT2D eigenvalue weighted by molar-refractivity contribution is 14.0. The molecule has 0 aromatic rings. The summed E-state index contributed by atoms with van der Waals surface area (Å²) < 4.78 is 0. The minimum Gasteiger partial charge on any atom is -0.370 e. The molecule has 0 saturated heterocycles. The zero-order chi connectivity index (χ0) is 14.3. The lowest BCUT2D eigenvalue weighted by atomic mass is 9.96. The van der Waals surface area contributed by atoms with Crippen LogP contribution in [0.1, 0.15) is 59.8 Å².